The molecule has 4 atom stereocenters. The van der Waals surface area contributed by atoms with E-state index >= 15 is 0 Å². The van der Waals surface area contributed by atoms with Gasteiger partial charge in [0.2, 0.25) is 0 Å². The summed E-state index contributed by atoms with van der Waals surface area (Å²) < 4.78 is 0. The molecular weight excluding hydrogens is 206 g/mol. The Bertz CT molecular complexity index is 176. The summed E-state index contributed by atoms with van der Waals surface area (Å²) >= 11 is 0. The van der Waals surface area contributed by atoms with Gasteiger partial charge in [0, 0.05) is 6.04 Å². The summed E-state index contributed by atoms with van der Waals surface area (Å²) in [5.41, 5.74) is 0. The number of rotatable bonds is 9. The molecule has 0 aromatic heterocycles. The van der Waals surface area contributed by atoms with Crippen LogP contribution in [0.25, 0.3) is 0 Å². The Morgan fingerprint density at radius 1 is 0.765 bits per heavy atom. The smallest absolute Gasteiger partial charge is 0.00609 e. The third-order valence-electron chi connectivity index (χ3n) is 4.70. The minimum Gasteiger partial charge on any atom is -0.307 e. The van der Waals surface area contributed by atoms with Gasteiger partial charge in [-0.3, -0.25) is 0 Å². The van der Waals surface area contributed by atoms with Crippen molar-refractivity contribution in [2.75, 3.05) is 14.1 Å². The van der Waals surface area contributed by atoms with Crippen molar-refractivity contribution in [1.29, 1.82) is 0 Å². The van der Waals surface area contributed by atoms with E-state index in [1.54, 1.807) is 0 Å². The lowest BCUT2D eigenvalue weighted by Crippen LogP contribution is -2.25. The van der Waals surface area contributed by atoms with Crippen molar-refractivity contribution in [3.05, 3.63) is 0 Å². The first-order chi connectivity index (χ1) is 7.88. The normalized spacial score (nSPS) is 19.1. The van der Waals surface area contributed by atoms with Crippen LogP contribution in [0.5, 0.6) is 0 Å². The molecule has 0 saturated heterocycles. The van der Waals surface area contributed by atoms with Gasteiger partial charge in [-0.2, -0.15) is 0 Å². The second-order valence-corrected chi connectivity index (χ2v) is 6.44. The molecule has 0 aliphatic carbocycles. The van der Waals surface area contributed by atoms with Gasteiger partial charge in [-0.1, -0.05) is 47.0 Å². The van der Waals surface area contributed by atoms with Crippen molar-refractivity contribution in [2.45, 2.75) is 72.8 Å². The van der Waals surface area contributed by atoms with Crippen molar-refractivity contribution in [1.82, 2.24) is 4.90 Å². The summed E-state index contributed by atoms with van der Waals surface area (Å²) in [6.45, 7) is 11.9. The van der Waals surface area contributed by atoms with Crippen LogP contribution in [-0.2, 0) is 0 Å². The Labute approximate surface area is 110 Å². The van der Waals surface area contributed by atoms with Crippen molar-refractivity contribution >= 4 is 0 Å². The highest BCUT2D eigenvalue weighted by atomic mass is 15.1. The molecule has 0 spiro atoms. The van der Waals surface area contributed by atoms with Gasteiger partial charge >= 0.3 is 0 Å². The first-order valence-electron chi connectivity index (χ1n) is 7.54. The van der Waals surface area contributed by atoms with Crippen LogP contribution in [-0.4, -0.2) is 25.0 Å². The van der Waals surface area contributed by atoms with Crippen LogP contribution in [0.3, 0.4) is 0 Å². The van der Waals surface area contributed by atoms with E-state index in [1.807, 2.05) is 0 Å². The molecule has 0 aromatic rings. The third kappa shape index (κ3) is 7.81. The maximum atomic E-state index is 2.44. The minimum absolute atomic E-state index is 0.721. The topological polar surface area (TPSA) is 3.24 Å². The largest absolute Gasteiger partial charge is 0.307 e. The minimum atomic E-state index is 0.721. The fourth-order valence-corrected chi connectivity index (χ4v) is 2.08. The molecular formula is C16H35N. The summed E-state index contributed by atoms with van der Waals surface area (Å²) in [5.74, 6) is 2.67. The van der Waals surface area contributed by atoms with E-state index in [-0.39, 0.29) is 0 Å². The fourth-order valence-electron chi connectivity index (χ4n) is 2.08. The predicted molar refractivity (Wildman–Crippen MR) is 79.4 cm³/mol. The number of nitrogens with zero attached hydrogens (tertiary/aromatic N) is 1. The molecule has 0 fully saturated rings. The van der Waals surface area contributed by atoms with Gasteiger partial charge in [-0.15, -0.1) is 0 Å². The van der Waals surface area contributed by atoms with E-state index in [0.717, 1.165) is 23.8 Å². The van der Waals surface area contributed by atoms with Gasteiger partial charge in [0.25, 0.3) is 0 Å². The van der Waals surface area contributed by atoms with Gasteiger partial charge in [0.1, 0.15) is 0 Å². The van der Waals surface area contributed by atoms with Crippen molar-refractivity contribution in [2.24, 2.45) is 17.8 Å². The Morgan fingerprint density at radius 3 is 1.65 bits per heavy atom. The summed E-state index contributed by atoms with van der Waals surface area (Å²) in [7, 11) is 4.36. The summed E-state index contributed by atoms with van der Waals surface area (Å²) in [6, 6.07) is 0.721. The molecule has 0 aromatic carbocycles. The first-order valence-corrected chi connectivity index (χ1v) is 7.54. The maximum absolute atomic E-state index is 2.44. The Balaban J connectivity index is 3.77. The lowest BCUT2D eigenvalue weighted by atomic mass is 9.85. The highest BCUT2D eigenvalue weighted by molar-refractivity contribution is 4.67. The molecule has 0 saturated carbocycles. The van der Waals surface area contributed by atoms with Gasteiger partial charge in [-0.05, 0) is 51.6 Å². The monoisotopic (exact) mass is 241 g/mol. The van der Waals surface area contributed by atoms with E-state index in [2.05, 4.69) is 53.6 Å². The van der Waals surface area contributed by atoms with E-state index in [9.17, 15) is 0 Å². The molecule has 1 nitrogen and oxygen atoms in total. The van der Waals surface area contributed by atoms with Crippen LogP contribution in [0.1, 0.15) is 66.7 Å². The number of hydrogen-bond donors (Lipinski definition) is 0. The maximum Gasteiger partial charge on any atom is 0.00609 e. The van der Waals surface area contributed by atoms with Crippen LogP contribution < -0.4 is 0 Å². The van der Waals surface area contributed by atoms with Gasteiger partial charge in [0.15, 0.2) is 0 Å². The summed E-state index contributed by atoms with van der Waals surface area (Å²) in [6.07, 6.45) is 6.86. The van der Waals surface area contributed by atoms with Crippen LogP contribution in [0.2, 0.25) is 0 Å². The zero-order valence-electron chi connectivity index (χ0n) is 13.3. The predicted octanol–water partition coefficient (Wildman–Crippen LogP) is 4.82. The second kappa shape index (κ2) is 8.97. The average Bonchev–Trinajstić information content (AvgIpc) is 2.31. The van der Waals surface area contributed by atoms with Crippen molar-refractivity contribution < 1.29 is 0 Å². The highest BCUT2D eigenvalue weighted by Crippen LogP contribution is 2.25. The summed E-state index contributed by atoms with van der Waals surface area (Å²) in [4.78, 5) is 2.33. The second-order valence-electron chi connectivity index (χ2n) is 6.44. The molecule has 0 rings (SSSR count). The molecule has 0 N–H and O–H groups in total. The lowest BCUT2D eigenvalue weighted by molar-refractivity contribution is 0.251. The Kier molecular flexibility index (Phi) is 8.94. The zero-order chi connectivity index (χ0) is 13.4. The van der Waals surface area contributed by atoms with Crippen LogP contribution >= 0.6 is 0 Å². The Morgan fingerprint density at radius 2 is 1.24 bits per heavy atom. The van der Waals surface area contributed by atoms with Crippen LogP contribution in [0, 0.1) is 17.8 Å². The third-order valence-corrected chi connectivity index (χ3v) is 4.70. The molecule has 0 radical (unpaired) electrons. The zero-order valence-corrected chi connectivity index (χ0v) is 13.3. The molecule has 0 aliphatic heterocycles. The highest BCUT2D eigenvalue weighted by Gasteiger charge is 2.15. The number of hydrogen-bond acceptors (Lipinski definition) is 1. The molecule has 17 heavy (non-hydrogen) atoms. The lowest BCUT2D eigenvalue weighted by Gasteiger charge is -2.25. The average molecular weight is 241 g/mol. The van der Waals surface area contributed by atoms with E-state index < -0.39 is 0 Å². The molecule has 0 amide bonds. The Hall–Kier alpha value is -0.0400. The molecule has 0 heterocycles. The van der Waals surface area contributed by atoms with Crippen LogP contribution in [0.15, 0.2) is 0 Å². The molecule has 0 bridgehead atoms. The fraction of sp³-hybridized carbons (Fsp3) is 1.00. The van der Waals surface area contributed by atoms with E-state index in [1.165, 1.54) is 32.1 Å². The van der Waals surface area contributed by atoms with E-state index in [4.69, 9.17) is 0 Å². The van der Waals surface area contributed by atoms with Crippen LogP contribution in [0.4, 0.5) is 0 Å². The summed E-state index contributed by atoms with van der Waals surface area (Å²) in [5, 5.41) is 0. The van der Waals surface area contributed by atoms with Crippen molar-refractivity contribution in [3.63, 3.8) is 0 Å². The van der Waals surface area contributed by atoms with Gasteiger partial charge < -0.3 is 4.90 Å². The first kappa shape index (κ1) is 17.0. The van der Waals surface area contributed by atoms with Crippen molar-refractivity contribution in [3.8, 4) is 0 Å². The van der Waals surface area contributed by atoms with Gasteiger partial charge in [-0.25, -0.2) is 0 Å². The standard InChI is InChI=1S/C16H35N/c1-8-13(2)9-10-14(3)15(4)11-12-16(5)17(6)7/h13-16H,8-12H2,1-7H3. The molecule has 1 heteroatoms. The molecule has 4 unspecified atom stereocenters. The quantitative estimate of drug-likeness (QED) is 0.559. The van der Waals surface area contributed by atoms with Gasteiger partial charge in [0.05, 0.1) is 0 Å². The van der Waals surface area contributed by atoms with E-state index in [0.29, 0.717) is 0 Å². The SMILES string of the molecule is CCC(C)CCC(C)C(C)CCC(C)N(C)C. The molecule has 0 aliphatic rings. The molecule has 104 valence electrons.